The predicted octanol–water partition coefficient (Wildman–Crippen LogP) is 2.40. The molecule has 1 aromatic heterocycles. The van der Waals surface area contributed by atoms with Crippen molar-refractivity contribution in [2.24, 2.45) is 0 Å². The Morgan fingerprint density at radius 3 is 3.00 bits per heavy atom. The fourth-order valence-electron chi connectivity index (χ4n) is 0.924. The van der Waals surface area contributed by atoms with Crippen LogP contribution in [0.1, 0.15) is 5.76 Å². The Labute approximate surface area is 84.2 Å². The van der Waals surface area contributed by atoms with E-state index in [1.807, 2.05) is 0 Å². The lowest BCUT2D eigenvalue weighted by Crippen LogP contribution is -2.15. The molecular formula is C8H5NO2S2. The van der Waals surface area contributed by atoms with Gasteiger partial charge in [0.2, 0.25) is 0 Å². The molecular weight excluding hydrogens is 206 g/mol. The summed E-state index contributed by atoms with van der Waals surface area (Å²) in [4.78, 5) is 12.1. The van der Waals surface area contributed by atoms with Gasteiger partial charge in [-0.3, -0.25) is 4.79 Å². The number of thioether (sulfide) groups is 1. The summed E-state index contributed by atoms with van der Waals surface area (Å²) < 4.78 is 5.09. The van der Waals surface area contributed by atoms with Crippen LogP contribution >= 0.6 is 24.0 Å². The largest absolute Gasteiger partial charge is 0.465 e. The van der Waals surface area contributed by atoms with E-state index in [1.54, 1.807) is 24.5 Å². The Hall–Kier alpha value is -1.07. The number of hydrogen-bond acceptors (Lipinski definition) is 4. The Balaban J connectivity index is 2.27. The van der Waals surface area contributed by atoms with E-state index >= 15 is 0 Å². The predicted molar refractivity (Wildman–Crippen MR) is 55.4 cm³/mol. The Morgan fingerprint density at radius 1 is 1.62 bits per heavy atom. The van der Waals surface area contributed by atoms with Crippen LogP contribution in [0.2, 0.25) is 0 Å². The maximum absolute atomic E-state index is 10.9. The van der Waals surface area contributed by atoms with Crippen molar-refractivity contribution in [3.05, 3.63) is 29.1 Å². The fraction of sp³-hybridized carbons (Fsp3) is 0. The fourth-order valence-corrected chi connectivity index (χ4v) is 1.94. The molecule has 0 bridgehead atoms. The van der Waals surface area contributed by atoms with Gasteiger partial charge in [0.1, 0.15) is 10.7 Å². The zero-order valence-corrected chi connectivity index (χ0v) is 8.08. The molecule has 1 amide bonds. The number of nitrogens with one attached hydrogen (secondary N) is 1. The summed E-state index contributed by atoms with van der Waals surface area (Å²) in [6.07, 6.45) is 3.31. The molecule has 1 saturated heterocycles. The minimum Gasteiger partial charge on any atom is -0.465 e. The van der Waals surface area contributed by atoms with Crippen LogP contribution in [0.3, 0.4) is 0 Å². The zero-order valence-electron chi connectivity index (χ0n) is 6.44. The molecule has 3 nitrogen and oxygen atoms in total. The normalized spacial score (nSPS) is 19.5. The van der Waals surface area contributed by atoms with Crippen molar-refractivity contribution in [2.75, 3.05) is 0 Å². The van der Waals surface area contributed by atoms with Gasteiger partial charge in [-0.05, 0) is 30.0 Å². The summed E-state index contributed by atoms with van der Waals surface area (Å²) in [5.41, 5.74) is 0. The first-order valence-electron chi connectivity index (χ1n) is 3.54. The van der Waals surface area contributed by atoms with Gasteiger partial charge in [0.25, 0.3) is 5.24 Å². The lowest BCUT2D eigenvalue weighted by atomic mass is 10.4. The third kappa shape index (κ3) is 1.81. The van der Waals surface area contributed by atoms with Crippen LogP contribution in [-0.2, 0) is 0 Å². The molecule has 2 heterocycles. The maximum atomic E-state index is 10.9. The van der Waals surface area contributed by atoms with E-state index in [2.05, 4.69) is 5.32 Å². The molecule has 0 radical (unpaired) electrons. The van der Waals surface area contributed by atoms with Crippen molar-refractivity contribution in [1.82, 2.24) is 5.32 Å². The molecule has 66 valence electrons. The molecule has 1 aliphatic heterocycles. The van der Waals surface area contributed by atoms with Gasteiger partial charge in [-0.25, -0.2) is 0 Å². The minimum atomic E-state index is -0.136. The summed E-state index contributed by atoms with van der Waals surface area (Å²) in [7, 11) is 0. The maximum Gasteiger partial charge on any atom is 0.289 e. The van der Waals surface area contributed by atoms with Crippen LogP contribution < -0.4 is 5.32 Å². The third-order valence-corrected chi connectivity index (χ3v) is 2.74. The second-order valence-electron chi connectivity index (χ2n) is 2.37. The van der Waals surface area contributed by atoms with Crippen molar-refractivity contribution < 1.29 is 9.21 Å². The van der Waals surface area contributed by atoms with Gasteiger partial charge in [0.15, 0.2) is 0 Å². The molecule has 1 aliphatic rings. The zero-order chi connectivity index (χ0) is 9.26. The van der Waals surface area contributed by atoms with Crippen molar-refractivity contribution in [3.63, 3.8) is 0 Å². The molecule has 0 spiro atoms. The topological polar surface area (TPSA) is 42.2 Å². The van der Waals surface area contributed by atoms with E-state index in [-0.39, 0.29) is 5.24 Å². The first-order valence-corrected chi connectivity index (χ1v) is 4.76. The molecule has 0 aromatic carbocycles. The molecule has 1 fully saturated rings. The quantitative estimate of drug-likeness (QED) is 0.572. The highest BCUT2D eigenvalue weighted by molar-refractivity contribution is 8.19. The summed E-state index contributed by atoms with van der Waals surface area (Å²) in [6.45, 7) is 0. The lowest BCUT2D eigenvalue weighted by molar-refractivity contribution is 0.265. The summed E-state index contributed by atoms with van der Waals surface area (Å²) >= 11 is 6.01. The SMILES string of the molecule is O=C1NC(=S)/C(=C/c2ccco2)S1. The first-order chi connectivity index (χ1) is 6.25. The molecule has 0 saturated carbocycles. The van der Waals surface area contributed by atoms with Gasteiger partial charge in [0.05, 0.1) is 11.2 Å². The van der Waals surface area contributed by atoms with Crippen LogP contribution in [0.4, 0.5) is 4.79 Å². The van der Waals surface area contributed by atoms with E-state index in [4.69, 9.17) is 16.6 Å². The number of thiocarbonyl (C=S) groups is 1. The van der Waals surface area contributed by atoms with E-state index in [1.165, 1.54) is 0 Å². The monoisotopic (exact) mass is 211 g/mol. The Kier molecular flexibility index (Phi) is 2.20. The van der Waals surface area contributed by atoms with E-state index in [0.29, 0.717) is 10.7 Å². The van der Waals surface area contributed by atoms with E-state index in [0.717, 1.165) is 16.7 Å². The molecule has 0 atom stereocenters. The minimum absolute atomic E-state index is 0.136. The average Bonchev–Trinajstić information content (AvgIpc) is 2.63. The highest BCUT2D eigenvalue weighted by atomic mass is 32.2. The van der Waals surface area contributed by atoms with Gasteiger partial charge >= 0.3 is 0 Å². The van der Waals surface area contributed by atoms with Crippen molar-refractivity contribution in [2.45, 2.75) is 0 Å². The van der Waals surface area contributed by atoms with Crippen LogP contribution in [0.25, 0.3) is 6.08 Å². The van der Waals surface area contributed by atoms with E-state index < -0.39 is 0 Å². The number of hydrogen-bond donors (Lipinski definition) is 1. The number of rotatable bonds is 1. The summed E-state index contributed by atoms with van der Waals surface area (Å²) in [5, 5.41) is 2.39. The summed E-state index contributed by atoms with van der Waals surface area (Å²) in [6, 6.07) is 3.59. The average molecular weight is 211 g/mol. The van der Waals surface area contributed by atoms with Crippen LogP contribution in [-0.4, -0.2) is 10.2 Å². The Morgan fingerprint density at radius 2 is 2.46 bits per heavy atom. The molecule has 5 heteroatoms. The van der Waals surface area contributed by atoms with Gasteiger partial charge in [0, 0.05) is 0 Å². The standard InChI is InChI=1S/C8H5NO2S2/c10-8-9-7(12)6(13-8)4-5-2-1-3-11-5/h1-4H,(H,9,10,12)/b6-4-. The van der Waals surface area contributed by atoms with Crippen molar-refractivity contribution >= 4 is 40.3 Å². The molecule has 13 heavy (non-hydrogen) atoms. The molecule has 1 N–H and O–H groups in total. The van der Waals surface area contributed by atoms with Gasteiger partial charge in [-0.2, -0.15) is 0 Å². The first kappa shape index (κ1) is 8.52. The smallest absolute Gasteiger partial charge is 0.289 e. The Bertz CT molecular complexity index is 381. The van der Waals surface area contributed by atoms with Crippen LogP contribution in [0.5, 0.6) is 0 Å². The number of carbonyl (C=O) groups excluding carboxylic acids is 1. The second kappa shape index (κ2) is 3.35. The second-order valence-corrected chi connectivity index (χ2v) is 3.79. The number of amides is 1. The van der Waals surface area contributed by atoms with Gasteiger partial charge < -0.3 is 9.73 Å². The molecule has 0 unspecified atom stereocenters. The molecule has 0 aliphatic carbocycles. The highest BCUT2D eigenvalue weighted by Crippen LogP contribution is 2.26. The van der Waals surface area contributed by atoms with Crippen LogP contribution in [0, 0.1) is 0 Å². The third-order valence-electron chi connectivity index (χ3n) is 1.46. The van der Waals surface area contributed by atoms with Crippen LogP contribution in [0.15, 0.2) is 27.7 Å². The van der Waals surface area contributed by atoms with Gasteiger partial charge in [-0.15, -0.1) is 0 Å². The van der Waals surface area contributed by atoms with E-state index in [9.17, 15) is 4.79 Å². The lowest BCUT2D eigenvalue weighted by Gasteiger charge is -1.90. The highest BCUT2D eigenvalue weighted by Gasteiger charge is 2.21. The van der Waals surface area contributed by atoms with Crippen molar-refractivity contribution in [3.8, 4) is 0 Å². The molecule has 2 rings (SSSR count). The summed E-state index contributed by atoms with van der Waals surface area (Å²) in [5.74, 6) is 0.696. The number of furan rings is 1. The number of carbonyl (C=O) groups is 1. The van der Waals surface area contributed by atoms with Gasteiger partial charge in [-0.1, -0.05) is 12.2 Å². The molecule has 1 aromatic rings. The van der Waals surface area contributed by atoms with Crippen molar-refractivity contribution in [1.29, 1.82) is 0 Å².